The second-order valence-electron chi connectivity index (χ2n) is 0.671. The molecule has 4 heteroatoms. The van der Waals surface area contributed by atoms with E-state index >= 15 is 0 Å². The van der Waals surface area contributed by atoms with Crippen molar-refractivity contribution in [2.45, 2.75) is 20.8 Å². The Morgan fingerprint density at radius 3 is 0.700 bits per heavy atom. The molecule has 0 amide bonds. The zero-order chi connectivity index (χ0) is 8.12. The molecule has 0 saturated carbocycles. The molecule has 3 nitrogen and oxygen atoms in total. The molecule has 0 heterocycles. The molecule has 0 rings (SSSR count). The first kappa shape index (κ1) is 23.0. The molecular weight excluding hydrogens is 166 g/mol. The van der Waals surface area contributed by atoms with Gasteiger partial charge in [0.25, 0.3) is 0 Å². The van der Waals surface area contributed by atoms with Crippen molar-refractivity contribution in [3.05, 3.63) is 0 Å². The number of hydrogen-bond acceptors (Lipinski definition) is 3. The molecule has 0 aliphatic carbocycles. The molecule has 0 aliphatic rings. The van der Waals surface area contributed by atoms with E-state index in [9.17, 15) is 0 Å². The summed E-state index contributed by atoms with van der Waals surface area (Å²) >= 11 is 0. The smallest absolute Gasteiger partial charge is 0.0587 e. The van der Waals surface area contributed by atoms with Crippen molar-refractivity contribution in [2.24, 2.45) is 0 Å². The average Bonchev–Trinajstić information content (AvgIpc) is 1.70. The summed E-state index contributed by atoms with van der Waals surface area (Å²) in [6, 6.07) is 5.25. The molecule has 0 saturated heterocycles. The summed E-state index contributed by atoms with van der Waals surface area (Å²) in [5.74, 6) is 0. The number of nitriles is 3. The van der Waals surface area contributed by atoms with E-state index in [1.54, 1.807) is 18.2 Å². The van der Waals surface area contributed by atoms with Crippen molar-refractivity contribution >= 4 is 0 Å². The first-order valence-corrected chi connectivity index (χ1v) is 2.17. The molecule has 54 valence electrons. The summed E-state index contributed by atoms with van der Waals surface area (Å²) in [7, 11) is 0. The van der Waals surface area contributed by atoms with Crippen LogP contribution in [0.2, 0.25) is 0 Å². The Morgan fingerprint density at radius 2 is 0.700 bits per heavy atom. The van der Waals surface area contributed by atoms with Gasteiger partial charge < -0.3 is 0 Å². The molecular formula is C6H9CrN3. The Hall–Kier alpha value is -0.998. The Labute approximate surface area is 72.6 Å². The van der Waals surface area contributed by atoms with E-state index in [-0.39, 0.29) is 17.4 Å². The number of rotatable bonds is 0. The predicted molar refractivity (Wildman–Crippen MR) is 33.9 cm³/mol. The summed E-state index contributed by atoms with van der Waals surface area (Å²) in [4.78, 5) is 0. The summed E-state index contributed by atoms with van der Waals surface area (Å²) in [6.45, 7) is 4.29. The van der Waals surface area contributed by atoms with Crippen LogP contribution < -0.4 is 0 Å². The van der Waals surface area contributed by atoms with Gasteiger partial charge in [-0.1, -0.05) is 0 Å². The normalized spacial score (nSPS) is 2.40. The van der Waals surface area contributed by atoms with E-state index in [0.29, 0.717) is 0 Å². The fraction of sp³-hybridized carbons (Fsp3) is 0.500. The molecule has 0 bridgehead atoms. The van der Waals surface area contributed by atoms with Crippen LogP contribution in [0.15, 0.2) is 0 Å². The van der Waals surface area contributed by atoms with Gasteiger partial charge >= 0.3 is 0 Å². The maximum Gasteiger partial charge on any atom is 0.0587 e. The Bertz CT molecular complexity index is 106. The fourth-order valence-electron chi connectivity index (χ4n) is 0. The van der Waals surface area contributed by atoms with Gasteiger partial charge in [0.1, 0.15) is 0 Å². The topological polar surface area (TPSA) is 71.4 Å². The monoisotopic (exact) mass is 175 g/mol. The third-order valence-electron chi connectivity index (χ3n) is 0. The zero-order valence-electron chi connectivity index (χ0n) is 6.25. The first-order valence-electron chi connectivity index (χ1n) is 2.17. The quantitative estimate of drug-likeness (QED) is 0.561. The van der Waals surface area contributed by atoms with E-state index in [1.807, 2.05) is 0 Å². The molecule has 0 radical (unpaired) electrons. The van der Waals surface area contributed by atoms with Crippen LogP contribution in [0.5, 0.6) is 0 Å². The zero-order valence-corrected chi connectivity index (χ0v) is 7.52. The Balaban J connectivity index is -0.0000000257. The molecule has 0 aromatic heterocycles. The van der Waals surface area contributed by atoms with Crippen molar-refractivity contribution < 1.29 is 17.4 Å². The number of hydrogen-bond donors (Lipinski definition) is 0. The molecule has 0 unspecified atom stereocenters. The van der Waals surface area contributed by atoms with Crippen LogP contribution in [0, 0.1) is 34.0 Å². The maximum atomic E-state index is 7.32. The molecule has 0 aliphatic heterocycles. The minimum Gasteiger partial charge on any atom is -0.199 e. The van der Waals surface area contributed by atoms with Gasteiger partial charge in [0.05, 0.1) is 18.2 Å². The van der Waals surface area contributed by atoms with Gasteiger partial charge in [-0.15, -0.1) is 0 Å². The van der Waals surface area contributed by atoms with Crippen molar-refractivity contribution in [1.82, 2.24) is 0 Å². The van der Waals surface area contributed by atoms with E-state index in [0.717, 1.165) is 0 Å². The van der Waals surface area contributed by atoms with Crippen LogP contribution in [0.3, 0.4) is 0 Å². The van der Waals surface area contributed by atoms with Crippen LogP contribution in [0.1, 0.15) is 20.8 Å². The minimum atomic E-state index is 0. The van der Waals surface area contributed by atoms with Gasteiger partial charge in [-0.25, -0.2) is 0 Å². The summed E-state index contributed by atoms with van der Waals surface area (Å²) in [5.41, 5.74) is 0. The third kappa shape index (κ3) is 254. The third-order valence-corrected chi connectivity index (χ3v) is 0. The standard InChI is InChI=1S/3C2H3N.Cr/c3*1-2-3;/h3*1H3;. The van der Waals surface area contributed by atoms with E-state index in [2.05, 4.69) is 0 Å². The van der Waals surface area contributed by atoms with Crippen molar-refractivity contribution in [3.63, 3.8) is 0 Å². The van der Waals surface area contributed by atoms with Crippen LogP contribution in [-0.2, 0) is 17.4 Å². The van der Waals surface area contributed by atoms with Crippen LogP contribution >= 0.6 is 0 Å². The largest absolute Gasteiger partial charge is 0.199 e. The van der Waals surface area contributed by atoms with Gasteiger partial charge in [0.2, 0.25) is 0 Å². The molecule has 0 fully saturated rings. The van der Waals surface area contributed by atoms with Gasteiger partial charge in [0.15, 0.2) is 0 Å². The van der Waals surface area contributed by atoms with Crippen LogP contribution in [0.25, 0.3) is 0 Å². The first-order chi connectivity index (χ1) is 4.24. The Morgan fingerprint density at radius 1 is 0.700 bits per heavy atom. The maximum absolute atomic E-state index is 7.32. The summed E-state index contributed by atoms with van der Waals surface area (Å²) < 4.78 is 0. The van der Waals surface area contributed by atoms with Crippen molar-refractivity contribution in [2.75, 3.05) is 0 Å². The van der Waals surface area contributed by atoms with Gasteiger partial charge in [-0.2, -0.15) is 15.8 Å². The second-order valence-corrected chi connectivity index (χ2v) is 0.671. The predicted octanol–water partition coefficient (Wildman–Crippen LogP) is 1.59. The average molecular weight is 175 g/mol. The SMILES string of the molecule is CC#N.CC#N.CC#N.[Cr]. The van der Waals surface area contributed by atoms with Gasteiger partial charge in [-0.3, -0.25) is 0 Å². The molecule has 0 atom stereocenters. The van der Waals surface area contributed by atoms with Crippen molar-refractivity contribution in [1.29, 1.82) is 15.8 Å². The molecule has 0 aromatic rings. The molecule has 0 spiro atoms. The van der Waals surface area contributed by atoms with E-state index in [4.69, 9.17) is 15.8 Å². The van der Waals surface area contributed by atoms with Crippen LogP contribution in [-0.4, -0.2) is 0 Å². The van der Waals surface area contributed by atoms with E-state index < -0.39 is 0 Å². The summed E-state index contributed by atoms with van der Waals surface area (Å²) in [5, 5.41) is 22.0. The van der Waals surface area contributed by atoms with Crippen molar-refractivity contribution in [3.8, 4) is 18.2 Å². The molecule has 0 N–H and O–H groups in total. The van der Waals surface area contributed by atoms with Gasteiger partial charge in [-0.05, 0) is 0 Å². The Kier molecular flexibility index (Phi) is 225. The molecule has 0 aromatic carbocycles. The van der Waals surface area contributed by atoms with E-state index in [1.165, 1.54) is 20.8 Å². The van der Waals surface area contributed by atoms with Crippen LogP contribution in [0.4, 0.5) is 0 Å². The second kappa shape index (κ2) is 97.9. The minimum absolute atomic E-state index is 0. The fourth-order valence-corrected chi connectivity index (χ4v) is 0. The molecule has 10 heavy (non-hydrogen) atoms. The number of nitrogens with zero attached hydrogens (tertiary/aromatic N) is 3. The summed E-state index contributed by atoms with van der Waals surface area (Å²) in [6.07, 6.45) is 0. The van der Waals surface area contributed by atoms with Gasteiger partial charge in [0, 0.05) is 38.1 Å².